The smallest absolute Gasteiger partial charge is 0.323 e. The van der Waals surface area contributed by atoms with Gasteiger partial charge in [-0.25, -0.2) is 5.01 Å². The van der Waals surface area contributed by atoms with Gasteiger partial charge in [0.1, 0.15) is 11.8 Å². The quantitative estimate of drug-likeness (QED) is 0.578. The first-order valence-electron chi connectivity index (χ1n) is 12.0. The van der Waals surface area contributed by atoms with Gasteiger partial charge < -0.3 is 9.47 Å². The van der Waals surface area contributed by atoms with Crippen LogP contribution in [0.25, 0.3) is 0 Å². The summed E-state index contributed by atoms with van der Waals surface area (Å²) in [5, 5.41) is 6.40. The highest BCUT2D eigenvalue weighted by molar-refractivity contribution is 6.03. The Bertz CT molecular complexity index is 1070. The summed E-state index contributed by atoms with van der Waals surface area (Å²) in [4.78, 5) is 28.1. The third kappa shape index (κ3) is 5.14. The molecule has 2 aromatic rings. The number of carbonyl (C=O) groups is 2. The zero-order valence-corrected chi connectivity index (χ0v) is 20.2. The largest absolute Gasteiger partial charge is 0.496 e. The van der Waals surface area contributed by atoms with Crippen LogP contribution < -0.4 is 4.74 Å². The predicted octanol–water partition coefficient (Wildman–Crippen LogP) is 4.10. The van der Waals surface area contributed by atoms with Gasteiger partial charge in [-0.3, -0.25) is 14.5 Å². The number of piperidine rings is 1. The molecule has 0 aromatic heterocycles. The van der Waals surface area contributed by atoms with Crippen LogP contribution in [0, 0.1) is 6.92 Å². The Morgan fingerprint density at radius 1 is 1.12 bits per heavy atom. The standard InChI is InChI=1S/C27H33N3O4/c1-4-34-27(32)23-13-7-8-15-29(23)18-26(31)30-24(21-12-5-6-14-25(21)33-3)17-22(28-30)20-11-9-10-19(2)16-20/h5-6,9-12,14,16,23-24H,4,7-8,13,15,17-18H2,1-3H3/t23-,24-/m1/s1. The van der Waals surface area contributed by atoms with E-state index in [4.69, 9.17) is 14.6 Å². The predicted molar refractivity (Wildman–Crippen MR) is 131 cm³/mol. The molecule has 4 rings (SSSR count). The lowest BCUT2D eigenvalue weighted by Gasteiger charge is -2.34. The first kappa shape index (κ1) is 24.0. The van der Waals surface area contributed by atoms with Crippen molar-refractivity contribution in [1.82, 2.24) is 9.91 Å². The summed E-state index contributed by atoms with van der Waals surface area (Å²) in [7, 11) is 1.64. The van der Waals surface area contributed by atoms with Crippen LogP contribution in [0.1, 0.15) is 55.3 Å². The number of likely N-dealkylation sites (tertiary alicyclic amines) is 1. The monoisotopic (exact) mass is 463 g/mol. The van der Waals surface area contributed by atoms with E-state index in [1.54, 1.807) is 19.0 Å². The molecule has 2 heterocycles. The molecule has 2 aliphatic rings. The molecule has 1 amide bonds. The highest BCUT2D eigenvalue weighted by Gasteiger charge is 2.38. The molecule has 0 saturated carbocycles. The Kier molecular flexibility index (Phi) is 7.63. The summed E-state index contributed by atoms with van der Waals surface area (Å²) in [5.41, 5.74) is 3.95. The lowest BCUT2D eigenvalue weighted by molar-refractivity contribution is -0.152. The third-order valence-corrected chi connectivity index (χ3v) is 6.53. The Hall–Kier alpha value is -3.19. The summed E-state index contributed by atoms with van der Waals surface area (Å²) in [6, 6.07) is 15.3. The second-order valence-corrected chi connectivity index (χ2v) is 8.85. The number of ether oxygens (including phenoxy) is 2. The molecular formula is C27H33N3O4. The number of amides is 1. The van der Waals surface area contributed by atoms with Gasteiger partial charge in [0.15, 0.2) is 0 Å². The molecule has 2 atom stereocenters. The number of esters is 1. The molecule has 7 nitrogen and oxygen atoms in total. The van der Waals surface area contributed by atoms with Gasteiger partial charge in [0.05, 0.1) is 32.0 Å². The van der Waals surface area contributed by atoms with Gasteiger partial charge >= 0.3 is 5.97 Å². The SMILES string of the molecule is CCOC(=O)[C@H]1CCCCN1CC(=O)N1N=C(c2cccc(C)c2)C[C@@H]1c1ccccc1OC. The molecule has 34 heavy (non-hydrogen) atoms. The van der Waals surface area contributed by atoms with Crippen molar-refractivity contribution in [3.05, 3.63) is 65.2 Å². The fraction of sp³-hybridized carbons (Fsp3) is 0.444. The van der Waals surface area contributed by atoms with E-state index in [0.29, 0.717) is 26.0 Å². The minimum Gasteiger partial charge on any atom is -0.496 e. The zero-order valence-electron chi connectivity index (χ0n) is 20.2. The van der Waals surface area contributed by atoms with E-state index in [9.17, 15) is 9.59 Å². The van der Waals surface area contributed by atoms with E-state index in [1.807, 2.05) is 54.3 Å². The van der Waals surface area contributed by atoms with Crippen LogP contribution >= 0.6 is 0 Å². The average molecular weight is 464 g/mol. The van der Waals surface area contributed by atoms with Gasteiger partial charge in [-0.2, -0.15) is 5.10 Å². The van der Waals surface area contributed by atoms with Crippen LogP contribution in [-0.2, 0) is 14.3 Å². The molecule has 2 aliphatic heterocycles. The van der Waals surface area contributed by atoms with Crippen LogP contribution in [0.5, 0.6) is 5.75 Å². The maximum atomic E-state index is 13.7. The van der Waals surface area contributed by atoms with Crippen molar-refractivity contribution in [3.8, 4) is 5.75 Å². The van der Waals surface area contributed by atoms with Crippen LogP contribution in [0.4, 0.5) is 0 Å². The number of nitrogens with zero attached hydrogens (tertiary/aromatic N) is 3. The molecule has 0 spiro atoms. The Balaban J connectivity index is 1.63. The lowest BCUT2D eigenvalue weighted by atomic mass is 9.97. The number of aryl methyl sites for hydroxylation is 1. The first-order chi connectivity index (χ1) is 16.5. The molecule has 0 unspecified atom stereocenters. The number of hydrazone groups is 1. The number of hydrogen-bond acceptors (Lipinski definition) is 6. The van der Waals surface area contributed by atoms with E-state index in [0.717, 1.165) is 41.0 Å². The summed E-state index contributed by atoms with van der Waals surface area (Å²) in [5.74, 6) is 0.352. The van der Waals surface area contributed by atoms with Gasteiger partial charge in [-0.15, -0.1) is 0 Å². The van der Waals surface area contributed by atoms with Crippen molar-refractivity contribution in [2.24, 2.45) is 5.10 Å². The normalized spacial score (nSPS) is 20.7. The number of carbonyl (C=O) groups excluding carboxylic acids is 2. The molecule has 0 aliphatic carbocycles. The van der Waals surface area contributed by atoms with Gasteiger partial charge in [0.2, 0.25) is 0 Å². The second kappa shape index (κ2) is 10.8. The van der Waals surface area contributed by atoms with Crippen LogP contribution in [-0.4, -0.2) is 60.3 Å². The minimum atomic E-state index is -0.384. The summed E-state index contributed by atoms with van der Waals surface area (Å²) >= 11 is 0. The van der Waals surface area contributed by atoms with Crippen molar-refractivity contribution in [3.63, 3.8) is 0 Å². The molecule has 7 heteroatoms. The molecule has 0 N–H and O–H groups in total. The van der Waals surface area contributed by atoms with Crippen LogP contribution in [0.15, 0.2) is 53.6 Å². The first-order valence-corrected chi connectivity index (χ1v) is 12.0. The fourth-order valence-corrected chi connectivity index (χ4v) is 4.86. The molecule has 180 valence electrons. The Morgan fingerprint density at radius 2 is 1.94 bits per heavy atom. The van der Waals surface area contributed by atoms with Crippen LogP contribution in [0.3, 0.4) is 0 Å². The maximum absolute atomic E-state index is 13.7. The van der Waals surface area contributed by atoms with Crippen molar-refractivity contribution >= 4 is 17.6 Å². The van der Waals surface area contributed by atoms with Crippen molar-refractivity contribution in [2.75, 3.05) is 26.8 Å². The summed E-state index contributed by atoms with van der Waals surface area (Å²) < 4.78 is 10.9. The molecular weight excluding hydrogens is 430 g/mol. The van der Waals surface area contributed by atoms with Gasteiger partial charge in [-0.05, 0) is 44.9 Å². The molecule has 2 aromatic carbocycles. The molecule has 0 radical (unpaired) electrons. The average Bonchev–Trinajstić information content (AvgIpc) is 3.30. The highest BCUT2D eigenvalue weighted by Crippen LogP contribution is 2.37. The number of benzene rings is 2. The Morgan fingerprint density at radius 3 is 2.71 bits per heavy atom. The number of methoxy groups -OCH3 is 1. The van der Waals surface area contributed by atoms with E-state index >= 15 is 0 Å². The number of rotatable bonds is 7. The van der Waals surface area contributed by atoms with Gasteiger partial charge in [0, 0.05) is 12.0 Å². The zero-order chi connectivity index (χ0) is 24.1. The van der Waals surface area contributed by atoms with E-state index in [1.165, 1.54) is 0 Å². The second-order valence-electron chi connectivity index (χ2n) is 8.85. The summed E-state index contributed by atoms with van der Waals surface area (Å²) in [6.45, 7) is 5.01. The van der Waals surface area contributed by atoms with E-state index in [2.05, 4.69) is 6.07 Å². The van der Waals surface area contributed by atoms with Gasteiger partial charge in [0.25, 0.3) is 5.91 Å². The van der Waals surface area contributed by atoms with E-state index in [-0.39, 0.29) is 30.5 Å². The summed E-state index contributed by atoms with van der Waals surface area (Å²) in [6.07, 6.45) is 3.21. The third-order valence-electron chi connectivity index (χ3n) is 6.53. The maximum Gasteiger partial charge on any atom is 0.323 e. The van der Waals surface area contributed by atoms with Gasteiger partial charge in [-0.1, -0.05) is 54.4 Å². The molecule has 1 fully saturated rings. The molecule has 1 saturated heterocycles. The van der Waals surface area contributed by atoms with Crippen molar-refractivity contribution in [2.45, 2.75) is 51.6 Å². The van der Waals surface area contributed by atoms with Crippen molar-refractivity contribution in [1.29, 1.82) is 0 Å². The van der Waals surface area contributed by atoms with Crippen molar-refractivity contribution < 1.29 is 19.1 Å². The minimum absolute atomic E-state index is 0.125. The van der Waals surface area contributed by atoms with Crippen LogP contribution in [0.2, 0.25) is 0 Å². The lowest BCUT2D eigenvalue weighted by Crippen LogP contribution is -2.49. The topological polar surface area (TPSA) is 71.4 Å². The fourth-order valence-electron chi connectivity index (χ4n) is 4.86. The highest BCUT2D eigenvalue weighted by atomic mass is 16.5. The number of para-hydroxylation sites is 1. The molecule has 0 bridgehead atoms. The Labute approximate surface area is 201 Å². The number of hydrogen-bond donors (Lipinski definition) is 0. The van der Waals surface area contributed by atoms with E-state index < -0.39 is 0 Å².